The van der Waals surface area contributed by atoms with Crippen LogP contribution < -0.4 is 16.4 Å². The number of aromatic amines is 1. The van der Waals surface area contributed by atoms with Gasteiger partial charge in [0.05, 0.1) is 11.9 Å². The summed E-state index contributed by atoms with van der Waals surface area (Å²) in [4.78, 5) is 24.0. The number of amides is 2. The van der Waals surface area contributed by atoms with Crippen LogP contribution in [0.2, 0.25) is 0 Å². The van der Waals surface area contributed by atoms with E-state index < -0.39 is 5.91 Å². The minimum atomic E-state index is -0.398. The van der Waals surface area contributed by atoms with Crippen LogP contribution in [0, 0.1) is 0 Å². The van der Waals surface area contributed by atoms with Crippen molar-refractivity contribution in [1.29, 1.82) is 0 Å². The molecule has 1 fully saturated rings. The highest BCUT2D eigenvalue weighted by Crippen LogP contribution is 2.20. The average molecular weight is 285 g/mol. The molecule has 7 heteroatoms. The maximum atomic E-state index is 12.0. The second kappa shape index (κ2) is 5.28. The Morgan fingerprint density at radius 2 is 2.10 bits per heavy atom. The van der Waals surface area contributed by atoms with Crippen LogP contribution in [0.5, 0.6) is 0 Å². The number of H-pyrrole nitrogens is 1. The topological polar surface area (TPSA) is 113 Å². The monoisotopic (exact) mass is 285 g/mol. The van der Waals surface area contributed by atoms with E-state index >= 15 is 0 Å². The third kappa shape index (κ3) is 3.02. The van der Waals surface area contributed by atoms with Crippen LogP contribution >= 0.6 is 0 Å². The van der Waals surface area contributed by atoms with Crippen LogP contribution in [0.15, 0.2) is 30.5 Å². The number of carbonyl (C=O) groups is 2. The van der Waals surface area contributed by atoms with Crippen molar-refractivity contribution in [2.24, 2.45) is 0 Å². The summed E-state index contributed by atoms with van der Waals surface area (Å²) in [5, 5.41) is 11.8. The molecule has 1 aliphatic rings. The lowest BCUT2D eigenvalue weighted by atomic mass is 10.2. The van der Waals surface area contributed by atoms with Gasteiger partial charge in [-0.3, -0.25) is 14.7 Å². The van der Waals surface area contributed by atoms with Crippen LogP contribution in [0.4, 0.5) is 11.4 Å². The number of nitrogens with one attached hydrogen (secondary N) is 3. The molecule has 0 bridgehead atoms. The van der Waals surface area contributed by atoms with Crippen molar-refractivity contribution >= 4 is 23.2 Å². The van der Waals surface area contributed by atoms with Crippen LogP contribution in [-0.4, -0.2) is 28.1 Å². The lowest BCUT2D eigenvalue weighted by Gasteiger charge is -2.07. The highest BCUT2D eigenvalue weighted by molar-refractivity contribution is 6.06. The summed E-state index contributed by atoms with van der Waals surface area (Å²) in [6, 6.07) is 7.05. The lowest BCUT2D eigenvalue weighted by Crippen LogP contribution is -2.25. The van der Waals surface area contributed by atoms with Crippen molar-refractivity contribution in [2.45, 2.75) is 18.9 Å². The van der Waals surface area contributed by atoms with Gasteiger partial charge in [-0.1, -0.05) is 6.07 Å². The number of rotatable bonds is 4. The molecule has 0 atom stereocenters. The summed E-state index contributed by atoms with van der Waals surface area (Å²) in [6.07, 6.45) is 3.43. The van der Waals surface area contributed by atoms with Gasteiger partial charge >= 0.3 is 0 Å². The highest BCUT2D eigenvalue weighted by Gasteiger charge is 2.23. The Kier molecular flexibility index (Phi) is 3.31. The maximum absolute atomic E-state index is 12.0. The van der Waals surface area contributed by atoms with Gasteiger partial charge in [0.1, 0.15) is 5.69 Å². The van der Waals surface area contributed by atoms with Crippen molar-refractivity contribution in [3.63, 3.8) is 0 Å². The summed E-state index contributed by atoms with van der Waals surface area (Å²) in [6.45, 7) is 0. The smallest absolute Gasteiger partial charge is 0.275 e. The molecule has 0 saturated heterocycles. The van der Waals surface area contributed by atoms with E-state index in [0.717, 1.165) is 12.8 Å². The zero-order valence-corrected chi connectivity index (χ0v) is 11.2. The fraction of sp³-hybridized carbons (Fsp3) is 0.214. The van der Waals surface area contributed by atoms with Crippen molar-refractivity contribution in [2.75, 3.05) is 11.1 Å². The number of aromatic nitrogens is 2. The number of nitrogens with two attached hydrogens (primary N) is 1. The Labute approximate surface area is 120 Å². The quantitative estimate of drug-likeness (QED) is 0.674. The Balaban J connectivity index is 1.72. The van der Waals surface area contributed by atoms with Gasteiger partial charge in [0.2, 0.25) is 0 Å². The average Bonchev–Trinajstić information content (AvgIpc) is 3.17. The van der Waals surface area contributed by atoms with Crippen LogP contribution in [-0.2, 0) is 0 Å². The van der Waals surface area contributed by atoms with Crippen LogP contribution in [0.1, 0.15) is 33.7 Å². The van der Waals surface area contributed by atoms with Crippen molar-refractivity contribution < 1.29 is 9.59 Å². The van der Waals surface area contributed by atoms with E-state index in [9.17, 15) is 9.59 Å². The number of nitrogen functional groups attached to an aromatic ring is 1. The minimum absolute atomic E-state index is 0.130. The summed E-state index contributed by atoms with van der Waals surface area (Å²) >= 11 is 0. The zero-order chi connectivity index (χ0) is 14.8. The molecule has 1 aliphatic carbocycles. The fourth-order valence-electron chi connectivity index (χ4n) is 1.91. The van der Waals surface area contributed by atoms with Crippen molar-refractivity contribution in [3.8, 4) is 0 Å². The Bertz CT molecular complexity index is 690. The standard InChI is InChI=1S/C14H15N5O2/c15-11-7-16-19-12(11)14(21)18-10-3-1-2-8(6-10)13(20)17-9-4-5-9/h1-3,6-7,9H,4-5,15H2,(H,16,19)(H,17,20)(H,18,21). The minimum Gasteiger partial charge on any atom is -0.396 e. The number of carbonyl (C=O) groups excluding carboxylic acids is 2. The number of hydrogen-bond acceptors (Lipinski definition) is 4. The first-order valence-electron chi connectivity index (χ1n) is 6.64. The summed E-state index contributed by atoms with van der Waals surface area (Å²) in [5.41, 5.74) is 7.12. The molecule has 2 aromatic rings. The van der Waals surface area contributed by atoms with Gasteiger partial charge in [0, 0.05) is 17.3 Å². The molecule has 2 amide bonds. The number of anilines is 2. The second-order valence-corrected chi connectivity index (χ2v) is 4.98. The van der Waals surface area contributed by atoms with E-state index in [1.165, 1.54) is 6.20 Å². The van der Waals surface area contributed by atoms with Crippen molar-refractivity contribution in [3.05, 3.63) is 41.7 Å². The molecule has 0 spiro atoms. The molecule has 0 radical (unpaired) electrons. The molecule has 1 aromatic heterocycles. The molecule has 1 saturated carbocycles. The van der Waals surface area contributed by atoms with Gasteiger partial charge in [0.15, 0.2) is 0 Å². The molecule has 3 rings (SSSR count). The zero-order valence-electron chi connectivity index (χ0n) is 11.2. The van der Waals surface area contributed by atoms with Crippen LogP contribution in [0.3, 0.4) is 0 Å². The normalized spacial score (nSPS) is 13.7. The summed E-state index contributed by atoms with van der Waals surface area (Å²) in [5.74, 6) is -0.528. The van der Waals surface area contributed by atoms with Gasteiger partial charge in [-0.15, -0.1) is 0 Å². The van der Waals surface area contributed by atoms with Gasteiger partial charge in [-0.05, 0) is 31.0 Å². The van der Waals surface area contributed by atoms with E-state index in [1.807, 2.05) is 0 Å². The number of hydrogen-bond donors (Lipinski definition) is 4. The van der Waals surface area contributed by atoms with E-state index in [2.05, 4.69) is 20.8 Å². The van der Waals surface area contributed by atoms with E-state index in [-0.39, 0.29) is 17.3 Å². The maximum Gasteiger partial charge on any atom is 0.275 e. The number of nitrogens with zero attached hydrogens (tertiary/aromatic N) is 1. The number of benzene rings is 1. The predicted molar refractivity (Wildman–Crippen MR) is 77.9 cm³/mol. The molecule has 0 unspecified atom stereocenters. The molecule has 5 N–H and O–H groups in total. The van der Waals surface area contributed by atoms with E-state index in [0.29, 0.717) is 17.3 Å². The molecule has 21 heavy (non-hydrogen) atoms. The molecule has 1 aromatic carbocycles. The Hall–Kier alpha value is -2.83. The predicted octanol–water partition coefficient (Wildman–Crippen LogP) is 1.14. The van der Waals surface area contributed by atoms with E-state index in [4.69, 9.17) is 5.73 Å². The fourth-order valence-corrected chi connectivity index (χ4v) is 1.91. The molecular formula is C14H15N5O2. The first kappa shape index (κ1) is 13.2. The van der Waals surface area contributed by atoms with Gasteiger partial charge in [-0.25, -0.2) is 0 Å². The highest BCUT2D eigenvalue weighted by atomic mass is 16.2. The van der Waals surface area contributed by atoms with Gasteiger partial charge in [0.25, 0.3) is 11.8 Å². The molecule has 0 aliphatic heterocycles. The first-order chi connectivity index (χ1) is 10.1. The second-order valence-electron chi connectivity index (χ2n) is 4.98. The SMILES string of the molecule is Nc1cn[nH]c1C(=O)Nc1cccc(C(=O)NC2CC2)c1. The Morgan fingerprint density at radius 3 is 2.76 bits per heavy atom. The Morgan fingerprint density at radius 1 is 1.29 bits per heavy atom. The third-order valence-electron chi connectivity index (χ3n) is 3.19. The molecule has 108 valence electrons. The summed E-state index contributed by atoms with van der Waals surface area (Å²) in [7, 11) is 0. The van der Waals surface area contributed by atoms with Gasteiger partial charge in [-0.2, -0.15) is 5.10 Å². The van der Waals surface area contributed by atoms with Gasteiger partial charge < -0.3 is 16.4 Å². The first-order valence-corrected chi connectivity index (χ1v) is 6.64. The van der Waals surface area contributed by atoms with Crippen molar-refractivity contribution in [1.82, 2.24) is 15.5 Å². The molecule has 7 nitrogen and oxygen atoms in total. The lowest BCUT2D eigenvalue weighted by molar-refractivity contribution is 0.0949. The molecule has 1 heterocycles. The van der Waals surface area contributed by atoms with Crippen LogP contribution in [0.25, 0.3) is 0 Å². The van der Waals surface area contributed by atoms with E-state index in [1.54, 1.807) is 24.3 Å². The third-order valence-corrected chi connectivity index (χ3v) is 3.19. The largest absolute Gasteiger partial charge is 0.396 e. The molecular weight excluding hydrogens is 270 g/mol. The summed E-state index contributed by atoms with van der Waals surface area (Å²) < 4.78 is 0.